The standard InChI is InChI=1S/C9H6ClN3O3/c10-7-1-2-8-11-5(4-13(8)12-7)6(14)3-9(15)16/h1-2,4H,3H2,(H,15,16). The first-order valence-corrected chi connectivity index (χ1v) is 4.71. The van der Waals surface area contributed by atoms with Crippen LogP contribution in [0.1, 0.15) is 16.9 Å². The van der Waals surface area contributed by atoms with Gasteiger partial charge in [-0.25, -0.2) is 9.50 Å². The number of hydrogen-bond donors (Lipinski definition) is 1. The molecular weight excluding hydrogens is 234 g/mol. The van der Waals surface area contributed by atoms with E-state index in [1.165, 1.54) is 16.8 Å². The van der Waals surface area contributed by atoms with Gasteiger partial charge in [-0.2, -0.15) is 5.10 Å². The van der Waals surface area contributed by atoms with Crippen LogP contribution in [0.25, 0.3) is 5.65 Å². The van der Waals surface area contributed by atoms with E-state index in [2.05, 4.69) is 10.1 Å². The van der Waals surface area contributed by atoms with Crippen LogP contribution < -0.4 is 0 Å². The van der Waals surface area contributed by atoms with E-state index in [1.54, 1.807) is 6.07 Å². The average molecular weight is 240 g/mol. The minimum Gasteiger partial charge on any atom is -0.481 e. The molecule has 0 saturated heterocycles. The Hall–Kier alpha value is -1.95. The van der Waals surface area contributed by atoms with Gasteiger partial charge in [-0.1, -0.05) is 11.6 Å². The molecule has 2 aromatic heterocycles. The van der Waals surface area contributed by atoms with Crippen molar-refractivity contribution >= 4 is 29.0 Å². The molecule has 16 heavy (non-hydrogen) atoms. The number of aromatic nitrogens is 3. The number of halogens is 1. The van der Waals surface area contributed by atoms with Crippen molar-refractivity contribution in [3.8, 4) is 0 Å². The Morgan fingerprint density at radius 1 is 1.44 bits per heavy atom. The van der Waals surface area contributed by atoms with Crippen molar-refractivity contribution in [2.75, 3.05) is 0 Å². The van der Waals surface area contributed by atoms with Gasteiger partial charge < -0.3 is 5.11 Å². The van der Waals surface area contributed by atoms with Gasteiger partial charge in [0.1, 0.15) is 17.3 Å². The van der Waals surface area contributed by atoms with E-state index in [1.807, 2.05) is 0 Å². The molecule has 0 aliphatic heterocycles. The molecule has 0 radical (unpaired) electrons. The second-order valence-electron chi connectivity index (χ2n) is 3.08. The molecule has 0 spiro atoms. The first-order valence-electron chi connectivity index (χ1n) is 4.33. The van der Waals surface area contributed by atoms with Crippen LogP contribution in [0.2, 0.25) is 5.15 Å². The Labute approximate surface area is 94.5 Å². The summed E-state index contributed by atoms with van der Waals surface area (Å²) in [6.07, 6.45) is 0.768. The zero-order valence-electron chi connectivity index (χ0n) is 7.92. The molecule has 0 saturated carbocycles. The summed E-state index contributed by atoms with van der Waals surface area (Å²) >= 11 is 5.65. The maximum Gasteiger partial charge on any atom is 0.311 e. The predicted octanol–water partition coefficient (Wildman–Crippen LogP) is 1.04. The fourth-order valence-electron chi connectivity index (χ4n) is 1.22. The third-order valence-electron chi connectivity index (χ3n) is 1.88. The van der Waals surface area contributed by atoms with Crippen LogP contribution >= 0.6 is 11.6 Å². The fourth-order valence-corrected chi connectivity index (χ4v) is 1.37. The molecule has 0 amide bonds. The van der Waals surface area contributed by atoms with Gasteiger partial charge in [0.05, 0.1) is 6.20 Å². The number of carboxylic acid groups (broad SMARTS) is 1. The van der Waals surface area contributed by atoms with Crippen molar-refractivity contribution < 1.29 is 14.7 Å². The number of carbonyl (C=O) groups is 2. The Kier molecular flexibility index (Phi) is 2.57. The quantitative estimate of drug-likeness (QED) is 0.639. The number of rotatable bonds is 3. The summed E-state index contributed by atoms with van der Waals surface area (Å²) in [6.45, 7) is 0. The lowest BCUT2D eigenvalue weighted by atomic mass is 10.2. The molecular formula is C9H6ClN3O3. The highest BCUT2D eigenvalue weighted by Gasteiger charge is 2.14. The van der Waals surface area contributed by atoms with Crippen LogP contribution in [0, 0.1) is 0 Å². The third kappa shape index (κ3) is 2.01. The number of hydrogen-bond acceptors (Lipinski definition) is 4. The molecule has 0 aromatic carbocycles. The van der Waals surface area contributed by atoms with Crippen molar-refractivity contribution in [2.45, 2.75) is 6.42 Å². The van der Waals surface area contributed by atoms with Crippen LogP contribution in [0.3, 0.4) is 0 Å². The fraction of sp³-hybridized carbons (Fsp3) is 0.111. The number of Topliss-reactive ketones (excluding diaryl/α,β-unsaturated/α-hetero) is 1. The van der Waals surface area contributed by atoms with Crippen LogP contribution in [0.4, 0.5) is 0 Å². The van der Waals surface area contributed by atoms with E-state index >= 15 is 0 Å². The minimum atomic E-state index is -1.19. The normalized spacial score (nSPS) is 10.6. The number of imidazole rings is 1. The second kappa shape index (κ2) is 3.90. The first kappa shape index (κ1) is 10.6. The van der Waals surface area contributed by atoms with Gasteiger partial charge in [-0.3, -0.25) is 9.59 Å². The lowest BCUT2D eigenvalue weighted by molar-refractivity contribution is -0.135. The van der Waals surface area contributed by atoms with Gasteiger partial charge >= 0.3 is 5.97 Å². The molecule has 0 atom stereocenters. The zero-order valence-corrected chi connectivity index (χ0v) is 8.68. The summed E-state index contributed by atoms with van der Waals surface area (Å²) in [5, 5.41) is 12.6. The van der Waals surface area contributed by atoms with Crippen molar-refractivity contribution in [1.82, 2.24) is 14.6 Å². The monoisotopic (exact) mass is 239 g/mol. The zero-order chi connectivity index (χ0) is 11.7. The molecule has 0 unspecified atom stereocenters. The first-order chi connectivity index (χ1) is 7.56. The van der Waals surface area contributed by atoms with Crippen LogP contribution in [-0.2, 0) is 4.79 Å². The molecule has 0 aliphatic rings. The number of fused-ring (bicyclic) bond motifs is 1. The van der Waals surface area contributed by atoms with E-state index in [9.17, 15) is 9.59 Å². The summed E-state index contributed by atoms with van der Waals surface area (Å²) in [5.41, 5.74) is 0.510. The Bertz CT molecular complexity index is 578. The molecule has 0 aliphatic carbocycles. The molecule has 2 aromatic rings. The van der Waals surface area contributed by atoms with E-state index < -0.39 is 18.2 Å². The molecule has 1 N–H and O–H groups in total. The predicted molar refractivity (Wildman–Crippen MR) is 54.6 cm³/mol. The van der Waals surface area contributed by atoms with Gasteiger partial charge in [-0.05, 0) is 12.1 Å². The van der Waals surface area contributed by atoms with Crippen LogP contribution in [0.5, 0.6) is 0 Å². The van der Waals surface area contributed by atoms with Gasteiger partial charge in [0.25, 0.3) is 0 Å². The van der Waals surface area contributed by atoms with Crippen molar-refractivity contribution in [3.05, 3.63) is 29.2 Å². The SMILES string of the molecule is O=C(O)CC(=O)c1cn2nc(Cl)ccc2n1. The number of carboxylic acids is 1. The largest absolute Gasteiger partial charge is 0.481 e. The smallest absolute Gasteiger partial charge is 0.311 e. The van der Waals surface area contributed by atoms with Crippen molar-refractivity contribution in [1.29, 1.82) is 0 Å². The molecule has 7 heteroatoms. The van der Waals surface area contributed by atoms with E-state index in [0.29, 0.717) is 5.65 Å². The Morgan fingerprint density at radius 3 is 2.88 bits per heavy atom. The maximum atomic E-state index is 11.4. The summed E-state index contributed by atoms with van der Waals surface area (Å²) in [5.74, 6) is -1.75. The van der Waals surface area contributed by atoms with Crippen molar-refractivity contribution in [2.24, 2.45) is 0 Å². The highest BCUT2D eigenvalue weighted by Crippen LogP contribution is 2.09. The molecule has 82 valence electrons. The molecule has 0 bridgehead atoms. The van der Waals surface area contributed by atoms with E-state index in [0.717, 1.165) is 0 Å². The Morgan fingerprint density at radius 2 is 2.19 bits per heavy atom. The van der Waals surface area contributed by atoms with Crippen molar-refractivity contribution in [3.63, 3.8) is 0 Å². The summed E-state index contributed by atoms with van der Waals surface area (Å²) in [7, 11) is 0. The lowest BCUT2D eigenvalue weighted by Crippen LogP contribution is -2.07. The number of nitrogens with zero attached hydrogens (tertiary/aromatic N) is 3. The number of ketones is 1. The van der Waals surface area contributed by atoms with E-state index in [4.69, 9.17) is 16.7 Å². The van der Waals surface area contributed by atoms with E-state index in [-0.39, 0.29) is 10.8 Å². The number of aliphatic carboxylic acids is 1. The van der Waals surface area contributed by atoms with Gasteiger partial charge in [0, 0.05) is 0 Å². The lowest BCUT2D eigenvalue weighted by Gasteiger charge is -1.90. The van der Waals surface area contributed by atoms with Gasteiger partial charge in [-0.15, -0.1) is 0 Å². The third-order valence-corrected chi connectivity index (χ3v) is 2.09. The van der Waals surface area contributed by atoms with Gasteiger partial charge in [0.2, 0.25) is 0 Å². The average Bonchev–Trinajstić information content (AvgIpc) is 2.59. The molecule has 0 fully saturated rings. The Balaban J connectivity index is 2.39. The summed E-state index contributed by atoms with van der Waals surface area (Å²) in [6, 6.07) is 3.13. The second-order valence-corrected chi connectivity index (χ2v) is 3.47. The summed E-state index contributed by atoms with van der Waals surface area (Å²) < 4.78 is 1.33. The van der Waals surface area contributed by atoms with Crippen LogP contribution in [-0.4, -0.2) is 31.5 Å². The maximum absolute atomic E-state index is 11.4. The molecule has 6 nitrogen and oxygen atoms in total. The van der Waals surface area contributed by atoms with Gasteiger partial charge in [0.15, 0.2) is 11.4 Å². The topological polar surface area (TPSA) is 84.6 Å². The van der Waals surface area contributed by atoms with Crippen LogP contribution in [0.15, 0.2) is 18.3 Å². The molecule has 2 heterocycles. The molecule has 2 rings (SSSR count). The minimum absolute atomic E-state index is 0.0668. The highest BCUT2D eigenvalue weighted by atomic mass is 35.5. The summed E-state index contributed by atoms with van der Waals surface area (Å²) in [4.78, 5) is 25.7. The number of carbonyl (C=O) groups excluding carboxylic acids is 1. The highest BCUT2D eigenvalue weighted by molar-refractivity contribution is 6.29.